The molecule has 0 aliphatic carbocycles. The second kappa shape index (κ2) is 8.52. The van der Waals surface area contributed by atoms with E-state index in [2.05, 4.69) is 5.32 Å². The fourth-order valence-electron chi connectivity index (χ4n) is 4.61. The number of amides is 1. The second-order valence-electron chi connectivity index (χ2n) is 9.68. The van der Waals surface area contributed by atoms with Crippen LogP contribution in [0.1, 0.15) is 55.8 Å². The highest BCUT2D eigenvalue weighted by atomic mass is 32.2. The molecule has 32 heavy (non-hydrogen) atoms. The number of rotatable bonds is 4. The Balaban J connectivity index is 1.50. The summed E-state index contributed by atoms with van der Waals surface area (Å²) in [6, 6.07) is 12.8. The van der Waals surface area contributed by atoms with Gasteiger partial charge in [0.15, 0.2) is 0 Å². The van der Waals surface area contributed by atoms with Crippen molar-refractivity contribution in [2.24, 2.45) is 5.92 Å². The van der Waals surface area contributed by atoms with Crippen molar-refractivity contribution < 1.29 is 17.9 Å². The summed E-state index contributed by atoms with van der Waals surface area (Å²) in [5.41, 5.74) is 2.69. The van der Waals surface area contributed by atoms with Gasteiger partial charge in [0.05, 0.1) is 16.9 Å². The zero-order valence-electron chi connectivity index (χ0n) is 19.2. The summed E-state index contributed by atoms with van der Waals surface area (Å²) >= 11 is 0. The van der Waals surface area contributed by atoms with Crippen LogP contribution in [0, 0.1) is 19.8 Å². The van der Waals surface area contributed by atoms with E-state index < -0.39 is 15.6 Å². The number of hydrogen-bond donors (Lipinski definition) is 1. The van der Waals surface area contributed by atoms with Crippen LogP contribution >= 0.6 is 0 Å². The number of ether oxygens (including phenoxy) is 1. The van der Waals surface area contributed by atoms with Crippen molar-refractivity contribution >= 4 is 15.9 Å². The summed E-state index contributed by atoms with van der Waals surface area (Å²) < 4.78 is 33.8. The number of benzene rings is 2. The minimum Gasteiger partial charge on any atom is -0.487 e. The molecule has 4 rings (SSSR count). The second-order valence-corrected chi connectivity index (χ2v) is 11.6. The Kier molecular flexibility index (Phi) is 6.07. The van der Waals surface area contributed by atoms with Crippen molar-refractivity contribution in [3.05, 3.63) is 59.2 Å². The molecule has 1 amide bonds. The van der Waals surface area contributed by atoms with E-state index in [1.165, 1.54) is 4.31 Å². The molecule has 0 radical (unpaired) electrons. The lowest BCUT2D eigenvalue weighted by Crippen LogP contribution is -2.48. The van der Waals surface area contributed by atoms with E-state index in [0.29, 0.717) is 25.8 Å². The van der Waals surface area contributed by atoms with E-state index in [1.54, 1.807) is 24.3 Å². The SMILES string of the molecule is Cc1ccc(S(=O)(=O)N2CCC[C@H](C(=O)N[C@@H]3CC(C)(C)Oc4cc(C)ccc43)C2)cc1. The number of nitrogens with one attached hydrogen (secondary N) is 1. The molecular formula is C25H32N2O4S. The number of hydrogen-bond acceptors (Lipinski definition) is 4. The molecule has 172 valence electrons. The first-order valence-corrected chi connectivity index (χ1v) is 12.7. The molecule has 0 bridgehead atoms. The van der Waals surface area contributed by atoms with Crippen molar-refractivity contribution in [2.45, 2.75) is 63.5 Å². The Morgan fingerprint density at radius 3 is 2.50 bits per heavy atom. The lowest BCUT2D eigenvalue weighted by molar-refractivity contribution is -0.127. The van der Waals surface area contributed by atoms with Gasteiger partial charge in [-0.15, -0.1) is 0 Å². The van der Waals surface area contributed by atoms with Gasteiger partial charge in [-0.25, -0.2) is 8.42 Å². The van der Waals surface area contributed by atoms with Gasteiger partial charge in [0.25, 0.3) is 0 Å². The summed E-state index contributed by atoms with van der Waals surface area (Å²) in [4.78, 5) is 13.5. The maximum Gasteiger partial charge on any atom is 0.243 e. The largest absolute Gasteiger partial charge is 0.487 e. The molecule has 2 heterocycles. The van der Waals surface area contributed by atoms with Gasteiger partial charge in [0, 0.05) is 25.1 Å². The maximum absolute atomic E-state index is 13.2. The zero-order valence-corrected chi connectivity index (χ0v) is 20.0. The van der Waals surface area contributed by atoms with Crippen LogP contribution < -0.4 is 10.1 Å². The van der Waals surface area contributed by atoms with Crippen LogP contribution in [0.25, 0.3) is 0 Å². The number of fused-ring (bicyclic) bond motifs is 1. The van der Waals surface area contributed by atoms with Crippen molar-refractivity contribution in [3.63, 3.8) is 0 Å². The van der Waals surface area contributed by atoms with Gasteiger partial charge in [-0.05, 0) is 64.3 Å². The minimum absolute atomic E-state index is 0.0944. The Morgan fingerprint density at radius 1 is 1.09 bits per heavy atom. The fourth-order valence-corrected chi connectivity index (χ4v) is 6.13. The van der Waals surface area contributed by atoms with Crippen LogP contribution in [0.15, 0.2) is 47.4 Å². The number of sulfonamides is 1. The molecule has 0 saturated carbocycles. The Bertz CT molecular complexity index is 1110. The third kappa shape index (κ3) is 4.69. The quantitative estimate of drug-likeness (QED) is 0.751. The summed E-state index contributed by atoms with van der Waals surface area (Å²) in [6.07, 6.45) is 2.00. The summed E-state index contributed by atoms with van der Waals surface area (Å²) in [5, 5.41) is 3.20. The van der Waals surface area contributed by atoms with Crippen LogP contribution in [0.3, 0.4) is 0 Å². The van der Waals surface area contributed by atoms with Gasteiger partial charge in [-0.1, -0.05) is 29.8 Å². The lowest BCUT2D eigenvalue weighted by atomic mass is 9.88. The summed E-state index contributed by atoms with van der Waals surface area (Å²) in [6.45, 7) is 8.63. The Morgan fingerprint density at radius 2 is 1.78 bits per heavy atom. The number of carbonyl (C=O) groups excluding carboxylic acids is 1. The number of aryl methyl sites for hydroxylation is 2. The third-order valence-electron chi connectivity index (χ3n) is 6.36. The highest BCUT2D eigenvalue weighted by molar-refractivity contribution is 7.89. The van der Waals surface area contributed by atoms with Gasteiger partial charge >= 0.3 is 0 Å². The predicted octanol–water partition coefficient (Wildman–Crippen LogP) is 4.12. The van der Waals surface area contributed by atoms with Crippen molar-refractivity contribution in [1.29, 1.82) is 0 Å². The molecular weight excluding hydrogens is 424 g/mol. The van der Waals surface area contributed by atoms with E-state index in [1.807, 2.05) is 45.9 Å². The third-order valence-corrected chi connectivity index (χ3v) is 8.24. The number of carbonyl (C=O) groups is 1. The van der Waals surface area contributed by atoms with E-state index >= 15 is 0 Å². The molecule has 2 aliphatic rings. The molecule has 7 heteroatoms. The van der Waals surface area contributed by atoms with E-state index in [0.717, 1.165) is 22.4 Å². The smallest absolute Gasteiger partial charge is 0.243 e. The summed E-state index contributed by atoms with van der Waals surface area (Å²) in [7, 11) is -3.62. The molecule has 2 atom stereocenters. The van der Waals surface area contributed by atoms with Gasteiger partial charge in [0.2, 0.25) is 15.9 Å². The first-order valence-electron chi connectivity index (χ1n) is 11.2. The van der Waals surface area contributed by atoms with Crippen LogP contribution in [0.4, 0.5) is 0 Å². The minimum atomic E-state index is -3.62. The van der Waals surface area contributed by atoms with Gasteiger partial charge in [-0.3, -0.25) is 4.79 Å². The van der Waals surface area contributed by atoms with Gasteiger partial charge < -0.3 is 10.1 Å². The monoisotopic (exact) mass is 456 g/mol. The highest BCUT2D eigenvalue weighted by Crippen LogP contribution is 2.40. The molecule has 2 aliphatic heterocycles. The van der Waals surface area contributed by atoms with E-state index in [9.17, 15) is 13.2 Å². The standard InChI is InChI=1S/C25H32N2O4S/c1-17-7-10-20(11-8-17)32(29,30)27-13-5-6-19(16-27)24(28)26-22-15-25(3,4)31-23-14-18(2)9-12-21(22)23/h7-12,14,19,22H,5-6,13,15-16H2,1-4H3,(H,26,28)/t19-,22+/m0/s1. The van der Waals surface area contributed by atoms with Crippen molar-refractivity contribution in [1.82, 2.24) is 9.62 Å². The maximum atomic E-state index is 13.2. The summed E-state index contributed by atoms with van der Waals surface area (Å²) in [5.74, 6) is 0.339. The molecule has 1 N–H and O–H groups in total. The molecule has 1 saturated heterocycles. The van der Waals surface area contributed by atoms with Crippen LogP contribution in [0.2, 0.25) is 0 Å². The Hall–Kier alpha value is -2.38. The highest BCUT2D eigenvalue weighted by Gasteiger charge is 2.38. The van der Waals surface area contributed by atoms with Crippen LogP contribution in [0.5, 0.6) is 5.75 Å². The normalized spacial score (nSPS) is 23.1. The number of piperidine rings is 1. The fraction of sp³-hybridized carbons (Fsp3) is 0.480. The van der Waals surface area contributed by atoms with Crippen LogP contribution in [-0.4, -0.2) is 37.3 Å². The first-order chi connectivity index (χ1) is 15.0. The molecule has 2 aromatic carbocycles. The molecule has 0 unspecified atom stereocenters. The zero-order chi connectivity index (χ0) is 23.1. The Labute approximate surface area is 191 Å². The molecule has 0 aromatic heterocycles. The van der Waals surface area contributed by atoms with Crippen molar-refractivity contribution in [3.8, 4) is 5.75 Å². The van der Waals surface area contributed by atoms with Gasteiger partial charge in [-0.2, -0.15) is 4.31 Å². The average Bonchev–Trinajstić information content (AvgIpc) is 2.73. The van der Waals surface area contributed by atoms with E-state index in [-0.39, 0.29) is 29.3 Å². The predicted molar refractivity (Wildman–Crippen MR) is 124 cm³/mol. The van der Waals surface area contributed by atoms with Crippen LogP contribution in [-0.2, 0) is 14.8 Å². The average molecular weight is 457 g/mol. The number of nitrogens with zero attached hydrogens (tertiary/aromatic N) is 1. The van der Waals surface area contributed by atoms with Gasteiger partial charge in [0.1, 0.15) is 11.4 Å². The molecule has 1 fully saturated rings. The first kappa shape index (κ1) is 22.8. The molecule has 2 aromatic rings. The van der Waals surface area contributed by atoms with E-state index in [4.69, 9.17) is 4.74 Å². The molecule has 6 nitrogen and oxygen atoms in total. The molecule has 0 spiro atoms. The topological polar surface area (TPSA) is 75.7 Å². The lowest BCUT2D eigenvalue weighted by Gasteiger charge is -2.39. The van der Waals surface area contributed by atoms with Crippen molar-refractivity contribution in [2.75, 3.05) is 13.1 Å².